The summed E-state index contributed by atoms with van der Waals surface area (Å²) in [7, 11) is 0. The Morgan fingerprint density at radius 2 is 1.96 bits per heavy atom. The molecule has 1 aromatic carbocycles. The lowest BCUT2D eigenvalue weighted by Gasteiger charge is -2.32. The molecule has 0 saturated carbocycles. The highest BCUT2D eigenvalue weighted by Crippen LogP contribution is 2.25. The first-order chi connectivity index (χ1) is 13.0. The summed E-state index contributed by atoms with van der Waals surface area (Å²) < 4.78 is 0. The SMILES string of the molecule is C=CCNC(=O)c1cc(C)nc(Nc2ccc(N3CCC(C)CC3)cc2)n1. The summed E-state index contributed by atoms with van der Waals surface area (Å²) in [5.74, 6) is 0.995. The summed E-state index contributed by atoms with van der Waals surface area (Å²) in [6, 6.07) is 9.95. The van der Waals surface area contributed by atoms with Gasteiger partial charge in [-0.2, -0.15) is 0 Å². The van der Waals surface area contributed by atoms with E-state index in [1.807, 2.05) is 19.1 Å². The van der Waals surface area contributed by atoms with E-state index >= 15 is 0 Å². The van der Waals surface area contributed by atoms with Crippen LogP contribution in [-0.4, -0.2) is 35.5 Å². The zero-order valence-electron chi connectivity index (χ0n) is 16.0. The van der Waals surface area contributed by atoms with Crippen molar-refractivity contribution in [2.24, 2.45) is 5.92 Å². The number of anilines is 3. The van der Waals surface area contributed by atoms with Crippen LogP contribution >= 0.6 is 0 Å². The second-order valence-corrected chi connectivity index (χ2v) is 7.06. The van der Waals surface area contributed by atoms with E-state index in [1.165, 1.54) is 18.5 Å². The third-order valence-electron chi connectivity index (χ3n) is 4.77. The third-order valence-corrected chi connectivity index (χ3v) is 4.77. The van der Waals surface area contributed by atoms with E-state index in [9.17, 15) is 4.79 Å². The molecule has 6 nitrogen and oxygen atoms in total. The van der Waals surface area contributed by atoms with Crippen molar-refractivity contribution in [3.63, 3.8) is 0 Å². The van der Waals surface area contributed by atoms with Crippen molar-refractivity contribution in [1.29, 1.82) is 0 Å². The number of rotatable bonds is 6. The van der Waals surface area contributed by atoms with Gasteiger partial charge in [-0.15, -0.1) is 6.58 Å². The van der Waals surface area contributed by atoms with Crippen LogP contribution < -0.4 is 15.5 Å². The van der Waals surface area contributed by atoms with Gasteiger partial charge in [-0.1, -0.05) is 13.0 Å². The Balaban J connectivity index is 1.69. The molecule has 2 heterocycles. The van der Waals surface area contributed by atoms with Gasteiger partial charge in [-0.25, -0.2) is 9.97 Å². The fourth-order valence-electron chi connectivity index (χ4n) is 3.15. The number of aryl methyl sites for hydroxylation is 1. The minimum atomic E-state index is -0.238. The number of carbonyl (C=O) groups is 1. The smallest absolute Gasteiger partial charge is 0.270 e. The highest BCUT2D eigenvalue weighted by molar-refractivity contribution is 5.92. The van der Waals surface area contributed by atoms with Gasteiger partial charge in [0.15, 0.2) is 0 Å². The monoisotopic (exact) mass is 365 g/mol. The second-order valence-electron chi connectivity index (χ2n) is 7.06. The maximum atomic E-state index is 12.1. The topological polar surface area (TPSA) is 70.2 Å². The molecule has 1 amide bonds. The lowest BCUT2D eigenvalue weighted by molar-refractivity contribution is 0.0953. The first-order valence-electron chi connectivity index (χ1n) is 9.42. The number of nitrogens with zero attached hydrogens (tertiary/aromatic N) is 3. The molecule has 0 radical (unpaired) electrons. The predicted molar refractivity (Wildman–Crippen MR) is 110 cm³/mol. The number of amides is 1. The number of hydrogen-bond acceptors (Lipinski definition) is 5. The van der Waals surface area contributed by atoms with E-state index in [4.69, 9.17) is 0 Å². The predicted octanol–water partition coefficient (Wildman–Crippen LogP) is 3.68. The van der Waals surface area contributed by atoms with Crippen molar-refractivity contribution in [2.45, 2.75) is 26.7 Å². The maximum Gasteiger partial charge on any atom is 0.270 e. The van der Waals surface area contributed by atoms with Crippen molar-refractivity contribution < 1.29 is 4.79 Å². The summed E-state index contributed by atoms with van der Waals surface area (Å²) >= 11 is 0. The molecule has 2 N–H and O–H groups in total. The van der Waals surface area contributed by atoms with Gasteiger partial charge in [0, 0.05) is 36.7 Å². The molecular weight excluding hydrogens is 338 g/mol. The minimum absolute atomic E-state index is 0.238. The Morgan fingerprint density at radius 3 is 2.63 bits per heavy atom. The van der Waals surface area contributed by atoms with E-state index in [2.05, 4.69) is 51.1 Å². The van der Waals surface area contributed by atoms with E-state index in [0.29, 0.717) is 18.2 Å². The van der Waals surface area contributed by atoms with Gasteiger partial charge in [-0.3, -0.25) is 4.79 Å². The van der Waals surface area contributed by atoms with Crippen LogP contribution in [0.4, 0.5) is 17.3 Å². The molecule has 0 spiro atoms. The van der Waals surface area contributed by atoms with Crippen LogP contribution in [0.15, 0.2) is 43.0 Å². The Labute approximate surface area is 160 Å². The molecule has 1 aromatic heterocycles. The quantitative estimate of drug-likeness (QED) is 0.764. The zero-order chi connectivity index (χ0) is 19.2. The maximum absolute atomic E-state index is 12.1. The van der Waals surface area contributed by atoms with Gasteiger partial charge in [0.2, 0.25) is 5.95 Å². The average Bonchev–Trinajstić information content (AvgIpc) is 2.67. The number of piperidine rings is 1. The van der Waals surface area contributed by atoms with Crippen molar-refractivity contribution in [2.75, 3.05) is 29.9 Å². The normalized spacial score (nSPS) is 14.7. The molecule has 0 unspecified atom stereocenters. The van der Waals surface area contributed by atoms with Crippen LogP contribution in [0.2, 0.25) is 0 Å². The molecule has 142 valence electrons. The largest absolute Gasteiger partial charge is 0.372 e. The highest BCUT2D eigenvalue weighted by atomic mass is 16.1. The fourth-order valence-corrected chi connectivity index (χ4v) is 3.15. The number of hydrogen-bond donors (Lipinski definition) is 2. The lowest BCUT2D eigenvalue weighted by Crippen LogP contribution is -2.32. The molecule has 1 aliphatic heterocycles. The van der Waals surface area contributed by atoms with Crippen LogP contribution in [0, 0.1) is 12.8 Å². The highest BCUT2D eigenvalue weighted by Gasteiger charge is 2.16. The standard InChI is InChI=1S/C21H27N5O/c1-4-11-22-20(27)19-14-16(3)23-21(25-19)24-17-5-7-18(8-6-17)26-12-9-15(2)10-13-26/h4-8,14-15H,1,9-13H2,2-3H3,(H,22,27)(H,23,24,25). The van der Waals surface area contributed by atoms with Gasteiger partial charge in [0.1, 0.15) is 5.69 Å². The molecule has 2 aromatic rings. The fraction of sp³-hybridized carbons (Fsp3) is 0.381. The molecule has 1 saturated heterocycles. The Bertz CT molecular complexity index is 795. The number of carbonyl (C=O) groups excluding carboxylic acids is 1. The van der Waals surface area contributed by atoms with Crippen LogP contribution in [0.25, 0.3) is 0 Å². The van der Waals surface area contributed by atoms with Gasteiger partial charge < -0.3 is 15.5 Å². The Kier molecular flexibility index (Phi) is 6.06. The first-order valence-corrected chi connectivity index (χ1v) is 9.42. The van der Waals surface area contributed by atoms with Crippen LogP contribution in [0.5, 0.6) is 0 Å². The van der Waals surface area contributed by atoms with Crippen molar-refractivity contribution >= 4 is 23.2 Å². The zero-order valence-corrected chi connectivity index (χ0v) is 16.0. The first kappa shape index (κ1) is 18.9. The number of nitrogens with one attached hydrogen (secondary N) is 2. The van der Waals surface area contributed by atoms with Gasteiger partial charge in [-0.05, 0) is 56.0 Å². The third kappa shape index (κ3) is 5.06. The molecule has 27 heavy (non-hydrogen) atoms. The summed E-state index contributed by atoms with van der Waals surface area (Å²) in [5, 5.41) is 5.93. The number of benzene rings is 1. The Hall–Kier alpha value is -2.89. The van der Waals surface area contributed by atoms with Crippen LogP contribution in [0.1, 0.15) is 35.9 Å². The van der Waals surface area contributed by atoms with Crippen molar-refractivity contribution in [3.8, 4) is 0 Å². The lowest BCUT2D eigenvalue weighted by atomic mass is 9.99. The molecule has 0 aliphatic carbocycles. The molecule has 1 aliphatic rings. The molecule has 0 bridgehead atoms. The van der Waals surface area contributed by atoms with Gasteiger partial charge in [0.05, 0.1) is 0 Å². The molecule has 0 atom stereocenters. The summed E-state index contributed by atoms with van der Waals surface area (Å²) in [6.45, 7) is 10.4. The molecule has 1 fully saturated rings. The molecule has 6 heteroatoms. The minimum Gasteiger partial charge on any atom is -0.372 e. The van der Waals surface area contributed by atoms with E-state index in [1.54, 1.807) is 12.1 Å². The average molecular weight is 365 g/mol. The molecule has 3 rings (SSSR count). The van der Waals surface area contributed by atoms with Crippen LogP contribution in [0.3, 0.4) is 0 Å². The van der Waals surface area contributed by atoms with Crippen molar-refractivity contribution in [1.82, 2.24) is 15.3 Å². The summed E-state index contributed by atoms with van der Waals surface area (Å²) in [5.41, 5.74) is 3.20. The van der Waals surface area contributed by atoms with E-state index < -0.39 is 0 Å². The Morgan fingerprint density at radius 1 is 1.26 bits per heavy atom. The van der Waals surface area contributed by atoms with Crippen LogP contribution in [-0.2, 0) is 0 Å². The van der Waals surface area contributed by atoms with Gasteiger partial charge >= 0.3 is 0 Å². The summed E-state index contributed by atoms with van der Waals surface area (Å²) in [6.07, 6.45) is 4.12. The van der Waals surface area contributed by atoms with Crippen molar-refractivity contribution in [3.05, 3.63) is 54.4 Å². The van der Waals surface area contributed by atoms with Gasteiger partial charge in [0.25, 0.3) is 5.91 Å². The van der Waals surface area contributed by atoms with E-state index in [0.717, 1.165) is 30.4 Å². The van der Waals surface area contributed by atoms with E-state index in [-0.39, 0.29) is 5.91 Å². The molecular formula is C21H27N5O. The second kappa shape index (κ2) is 8.66. The summed E-state index contributed by atoms with van der Waals surface area (Å²) in [4.78, 5) is 23.2. The number of aromatic nitrogens is 2.